The van der Waals surface area contributed by atoms with Crippen molar-refractivity contribution in [2.75, 3.05) is 19.6 Å². The molecule has 0 bridgehead atoms. The van der Waals surface area contributed by atoms with Gasteiger partial charge in [-0.25, -0.2) is 0 Å². The van der Waals surface area contributed by atoms with E-state index in [0.29, 0.717) is 16.1 Å². The number of halogens is 2. The van der Waals surface area contributed by atoms with Crippen LogP contribution in [-0.4, -0.2) is 30.6 Å². The van der Waals surface area contributed by atoms with E-state index in [1.54, 1.807) is 0 Å². The van der Waals surface area contributed by atoms with E-state index in [2.05, 4.69) is 24.1 Å². The number of hydrogen-bond donors (Lipinski definition) is 1. The minimum Gasteiger partial charge on any atom is -0.309 e. The van der Waals surface area contributed by atoms with Crippen LogP contribution in [0.25, 0.3) is 0 Å². The van der Waals surface area contributed by atoms with Gasteiger partial charge in [-0.15, -0.1) is 0 Å². The van der Waals surface area contributed by atoms with Crippen LogP contribution in [0.3, 0.4) is 0 Å². The molecule has 1 aliphatic rings. The third-order valence-electron chi connectivity index (χ3n) is 3.93. The fraction of sp³-hybridized carbons (Fsp3) is 0.600. The first-order chi connectivity index (χ1) is 9.09. The largest absolute Gasteiger partial charge is 0.309 e. The molecule has 2 unspecified atom stereocenters. The molecule has 2 rings (SSSR count). The summed E-state index contributed by atoms with van der Waals surface area (Å²) < 4.78 is 0. The Bertz CT molecular complexity index is 417. The lowest BCUT2D eigenvalue weighted by Gasteiger charge is -2.26. The predicted molar refractivity (Wildman–Crippen MR) is 83.1 cm³/mol. The van der Waals surface area contributed by atoms with Crippen molar-refractivity contribution < 1.29 is 0 Å². The Labute approximate surface area is 126 Å². The highest BCUT2D eigenvalue weighted by molar-refractivity contribution is 6.42. The summed E-state index contributed by atoms with van der Waals surface area (Å²) in [6.45, 7) is 7.85. The summed E-state index contributed by atoms with van der Waals surface area (Å²) in [5, 5.41) is 4.85. The Balaban J connectivity index is 1.90. The molecule has 1 aromatic rings. The van der Waals surface area contributed by atoms with Crippen LogP contribution in [0.4, 0.5) is 0 Å². The first kappa shape index (κ1) is 15.1. The van der Waals surface area contributed by atoms with Gasteiger partial charge in [0.25, 0.3) is 0 Å². The number of benzene rings is 1. The second kappa shape index (κ2) is 6.94. The van der Waals surface area contributed by atoms with Crippen LogP contribution in [0.2, 0.25) is 10.0 Å². The zero-order valence-corrected chi connectivity index (χ0v) is 13.1. The van der Waals surface area contributed by atoms with Crippen molar-refractivity contribution in [2.45, 2.75) is 38.8 Å². The molecule has 2 atom stereocenters. The van der Waals surface area contributed by atoms with Gasteiger partial charge in [-0.05, 0) is 51.4 Å². The Kier molecular flexibility index (Phi) is 5.52. The summed E-state index contributed by atoms with van der Waals surface area (Å²) in [5.41, 5.74) is 1.07. The Morgan fingerprint density at radius 3 is 2.58 bits per heavy atom. The molecule has 2 nitrogen and oxygen atoms in total. The second-order valence-electron chi connectivity index (χ2n) is 5.37. The average Bonchev–Trinajstić information content (AvgIpc) is 2.93. The van der Waals surface area contributed by atoms with E-state index < -0.39 is 0 Å². The van der Waals surface area contributed by atoms with Crippen molar-refractivity contribution in [2.24, 2.45) is 0 Å². The monoisotopic (exact) mass is 300 g/mol. The van der Waals surface area contributed by atoms with Gasteiger partial charge in [0.15, 0.2) is 0 Å². The van der Waals surface area contributed by atoms with Crippen LogP contribution in [0.5, 0.6) is 0 Å². The minimum absolute atomic E-state index is 0.219. The Hall–Kier alpha value is -0.280. The molecule has 106 valence electrons. The van der Waals surface area contributed by atoms with Crippen molar-refractivity contribution in [3.63, 3.8) is 0 Å². The molecular weight excluding hydrogens is 279 g/mol. The van der Waals surface area contributed by atoms with Crippen molar-refractivity contribution in [3.05, 3.63) is 33.8 Å². The van der Waals surface area contributed by atoms with E-state index in [1.807, 2.05) is 18.2 Å². The molecule has 0 amide bonds. The van der Waals surface area contributed by atoms with Gasteiger partial charge >= 0.3 is 0 Å². The fourth-order valence-electron chi connectivity index (χ4n) is 2.62. The molecule has 1 aliphatic heterocycles. The van der Waals surface area contributed by atoms with Crippen LogP contribution in [0, 0.1) is 0 Å². The molecular formula is C15H22Cl2N2. The van der Waals surface area contributed by atoms with Gasteiger partial charge < -0.3 is 5.32 Å². The molecule has 0 saturated carbocycles. The van der Waals surface area contributed by atoms with Crippen molar-refractivity contribution in [3.8, 4) is 0 Å². The third-order valence-corrected chi connectivity index (χ3v) is 4.76. The summed E-state index contributed by atoms with van der Waals surface area (Å²) in [6, 6.07) is 6.60. The number of nitrogens with one attached hydrogen (secondary N) is 1. The second-order valence-corrected chi connectivity index (χ2v) is 6.15. The van der Waals surface area contributed by atoms with Gasteiger partial charge in [0.05, 0.1) is 10.0 Å². The molecule has 1 fully saturated rings. The van der Waals surface area contributed by atoms with Crippen molar-refractivity contribution in [1.29, 1.82) is 0 Å². The first-order valence-electron chi connectivity index (χ1n) is 7.01. The molecule has 4 heteroatoms. The summed E-state index contributed by atoms with van der Waals surface area (Å²) in [4.78, 5) is 2.54. The lowest BCUT2D eigenvalue weighted by molar-refractivity contribution is 0.247. The summed E-state index contributed by atoms with van der Waals surface area (Å²) in [7, 11) is 0. The molecule has 0 spiro atoms. The molecule has 0 aliphatic carbocycles. The van der Waals surface area contributed by atoms with Crippen LogP contribution >= 0.6 is 23.2 Å². The van der Waals surface area contributed by atoms with Crippen LogP contribution in [0.15, 0.2) is 18.2 Å². The van der Waals surface area contributed by atoms with Gasteiger partial charge in [0.2, 0.25) is 0 Å². The van der Waals surface area contributed by atoms with E-state index >= 15 is 0 Å². The van der Waals surface area contributed by atoms with Crippen LogP contribution < -0.4 is 5.32 Å². The Morgan fingerprint density at radius 2 is 1.89 bits per heavy atom. The maximum absolute atomic E-state index is 6.25. The predicted octanol–water partition coefficient (Wildman–Crippen LogP) is 4.13. The van der Waals surface area contributed by atoms with E-state index in [9.17, 15) is 0 Å². The van der Waals surface area contributed by atoms with E-state index in [0.717, 1.165) is 12.1 Å². The number of nitrogens with zero attached hydrogens (tertiary/aromatic N) is 1. The van der Waals surface area contributed by atoms with E-state index in [1.165, 1.54) is 25.9 Å². The zero-order valence-electron chi connectivity index (χ0n) is 11.6. The van der Waals surface area contributed by atoms with Crippen molar-refractivity contribution in [1.82, 2.24) is 10.2 Å². The SMILES string of the molecule is CC(NCC(C)N1CCCC1)c1cccc(Cl)c1Cl. The van der Waals surface area contributed by atoms with Gasteiger partial charge in [0.1, 0.15) is 0 Å². The van der Waals surface area contributed by atoms with E-state index in [-0.39, 0.29) is 6.04 Å². The van der Waals surface area contributed by atoms with Gasteiger partial charge in [-0.2, -0.15) is 0 Å². The fourth-order valence-corrected chi connectivity index (χ4v) is 3.10. The highest BCUT2D eigenvalue weighted by Crippen LogP contribution is 2.29. The smallest absolute Gasteiger partial charge is 0.0639 e. The Morgan fingerprint density at radius 1 is 1.21 bits per heavy atom. The van der Waals surface area contributed by atoms with Gasteiger partial charge in [-0.3, -0.25) is 4.90 Å². The number of rotatable bonds is 5. The molecule has 0 aromatic heterocycles. The summed E-state index contributed by atoms with van der Waals surface area (Å²) in [5.74, 6) is 0. The minimum atomic E-state index is 0.219. The first-order valence-corrected chi connectivity index (χ1v) is 7.76. The molecule has 1 heterocycles. The topological polar surface area (TPSA) is 15.3 Å². The highest BCUT2D eigenvalue weighted by Gasteiger charge is 2.19. The summed E-state index contributed by atoms with van der Waals surface area (Å²) in [6.07, 6.45) is 2.67. The molecule has 1 N–H and O–H groups in total. The lowest BCUT2D eigenvalue weighted by Crippen LogP contribution is -2.39. The van der Waals surface area contributed by atoms with Gasteiger partial charge in [-0.1, -0.05) is 35.3 Å². The van der Waals surface area contributed by atoms with E-state index in [4.69, 9.17) is 23.2 Å². The lowest BCUT2D eigenvalue weighted by atomic mass is 10.1. The molecule has 1 saturated heterocycles. The maximum Gasteiger partial charge on any atom is 0.0639 e. The van der Waals surface area contributed by atoms with Gasteiger partial charge in [0, 0.05) is 18.6 Å². The number of hydrogen-bond acceptors (Lipinski definition) is 2. The van der Waals surface area contributed by atoms with Crippen LogP contribution in [-0.2, 0) is 0 Å². The standard InChI is InChI=1S/C15H22Cl2N2/c1-11(19-8-3-4-9-19)10-18-12(2)13-6-5-7-14(16)15(13)17/h5-7,11-12,18H,3-4,8-10H2,1-2H3. The molecule has 19 heavy (non-hydrogen) atoms. The molecule has 1 aromatic carbocycles. The zero-order chi connectivity index (χ0) is 13.8. The van der Waals surface area contributed by atoms with Crippen molar-refractivity contribution >= 4 is 23.2 Å². The average molecular weight is 301 g/mol. The van der Waals surface area contributed by atoms with Crippen LogP contribution in [0.1, 0.15) is 38.3 Å². The third kappa shape index (κ3) is 3.85. The normalized spacial score (nSPS) is 19.6. The summed E-state index contributed by atoms with van der Waals surface area (Å²) >= 11 is 12.3. The maximum atomic E-state index is 6.25. The quantitative estimate of drug-likeness (QED) is 0.879. The molecule has 0 radical (unpaired) electrons. The number of likely N-dealkylation sites (tertiary alicyclic amines) is 1. The highest BCUT2D eigenvalue weighted by atomic mass is 35.5.